The second-order valence-electron chi connectivity index (χ2n) is 4.96. The summed E-state index contributed by atoms with van der Waals surface area (Å²) in [6.45, 7) is 6.29. The summed E-state index contributed by atoms with van der Waals surface area (Å²) >= 11 is 0. The zero-order valence-corrected chi connectivity index (χ0v) is 11.8. The molecule has 0 aliphatic heterocycles. The van der Waals surface area contributed by atoms with Crippen molar-refractivity contribution in [3.8, 4) is 17.0 Å². The van der Waals surface area contributed by atoms with E-state index in [0.717, 1.165) is 28.1 Å². The van der Waals surface area contributed by atoms with E-state index in [0.29, 0.717) is 11.9 Å². The van der Waals surface area contributed by atoms with Gasteiger partial charge in [0.25, 0.3) is 0 Å². The maximum Gasteiger partial charge on any atom is 0.219 e. The van der Waals surface area contributed by atoms with E-state index >= 15 is 0 Å². The number of anilines is 1. The van der Waals surface area contributed by atoms with Crippen molar-refractivity contribution in [1.82, 2.24) is 9.66 Å². The molecule has 2 rings (SSSR count). The van der Waals surface area contributed by atoms with Crippen LogP contribution in [0.3, 0.4) is 0 Å². The smallest absolute Gasteiger partial charge is 0.219 e. The maximum atomic E-state index is 5.69. The van der Waals surface area contributed by atoms with Crippen LogP contribution in [0.4, 0.5) is 5.95 Å². The molecule has 0 unspecified atom stereocenters. The number of methoxy groups -OCH3 is 1. The van der Waals surface area contributed by atoms with Crippen LogP contribution in [-0.2, 0) is 0 Å². The molecule has 1 heterocycles. The highest BCUT2D eigenvalue weighted by Crippen LogP contribution is 2.34. The topological polar surface area (TPSA) is 79.1 Å². The number of hydrogen-bond donors (Lipinski definition) is 2. The molecule has 5 nitrogen and oxygen atoms in total. The molecule has 4 N–H and O–H groups in total. The lowest BCUT2D eigenvalue weighted by atomic mass is 9.95. The Bertz CT molecular complexity index is 582. The van der Waals surface area contributed by atoms with E-state index in [1.165, 1.54) is 4.68 Å². The second-order valence-corrected chi connectivity index (χ2v) is 4.96. The first-order valence-corrected chi connectivity index (χ1v) is 6.23. The van der Waals surface area contributed by atoms with Crippen molar-refractivity contribution in [3.63, 3.8) is 0 Å². The SMILES string of the molecule is COc1cc(C)c(-c2cn(N)c(N)n2)cc1C(C)C. The minimum absolute atomic E-state index is 0.302. The second kappa shape index (κ2) is 4.84. The Kier molecular flexibility index (Phi) is 3.38. The molecule has 2 aromatic rings. The van der Waals surface area contributed by atoms with Gasteiger partial charge in [-0.3, -0.25) is 0 Å². The molecule has 0 radical (unpaired) electrons. The van der Waals surface area contributed by atoms with Crippen molar-refractivity contribution < 1.29 is 4.74 Å². The van der Waals surface area contributed by atoms with Crippen LogP contribution >= 0.6 is 0 Å². The van der Waals surface area contributed by atoms with Crippen LogP contribution < -0.4 is 16.3 Å². The fourth-order valence-electron chi connectivity index (χ4n) is 2.14. The highest BCUT2D eigenvalue weighted by Gasteiger charge is 2.14. The number of imidazole rings is 1. The predicted molar refractivity (Wildman–Crippen MR) is 77.6 cm³/mol. The summed E-state index contributed by atoms with van der Waals surface area (Å²) in [5.41, 5.74) is 9.72. The summed E-state index contributed by atoms with van der Waals surface area (Å²) in [6.07, 6.45) is 1.73. The van der Waals surface area contributed by atoms with E-state index < -0.39 is 0 Å². The molecular weight excluding hydrogens is 240 g/mol. The summed E-state index contributed by atoms with van der Waals surface area (Å²) < 4.78 is 6.76. The Morgan fingerprint density at radius 1 is 1.32 bits per heavy atom. The molecule has 19 heavy (non-hydrogen) atoms. The van der Waals surface area contributed by atoms with E-state index in [2.05, 4.69) is 24.9 Å². The van der Waals surface area contributed by atoms with Crippen LogP contribution in [0.5, 0.6) is 5.75 Å². The average Bonchev–Trinajstić information content (AvgIpc) is 2.68. The summed E-state index contributed by atoms with van der Waals surface area (Å²) in [7, 11) is 1.69. The maximum absolute atomic E-state index is 5.69. The Morgan fingerprint density at radius 3 is 2.47 bits per heavy atom. The third-order valence-electron chi connectivity index (χ3n) is 3.24. The Labute approximate surface area is 113 Å². The minimum atomic E-state index is 0.302. The van der Waals surface area contributed by atoms with Crippen molar-refractivity contribution in [1.29, 1.82) is 0 Å². The molecule has 0 spiro atoms. The zero-order valence-electron chi connectivity index (χ0n) is 11.8. The lowest BCUT2D eigenvalue weighted by Gasteiger charge is -2.15. The van der Waals surface area contributed by atoms with Gasteiger partial charge in [0.1, 0.15) is 5.75 Å². The molecule has 5 heteroatoms. The van der Waals surface area contributed by atoms with Crippen LogP contribution in [-0.4, -0.2) is 16.8 Å². The molecule has 0 atom stereocenters. The van der Waals surface area contributed by atoms with Crippen molar-refractivity contribution in [2.75, 3.05) is 18.7 Å². The molecule has 1 aromatic heterocycles. The highest BCUT2D eigenvalue weighted by atomic mass is 16.5. The summed E-state index contributed by atoms with van der Waals surface area (Å²) in [5.74, 6) is 7.26. The quantitative estimate of drug-likeness (QED) is 0.830. The van der Waals surface area contributed by atoms with E-state index in [4.69, 9.17) is 16.3 Å². The predicted octanol–water partition coefficient (Wildman–Crippen LogP) is 2.29. The Morgan fingerprint density at radius 2 is 2.00 bits per heavy atom. The third-order valence-corrected chi connectivity index (χ3v) is 3.24. The fraction of sp³-hybridized carbons (Fsp3) is 0.357. The Hall–Kier alpha value is -2.17. The molecule has 0 fully saturated rings. The van der Waals surface area contributed by atoms with Crippen molar-refractivity contribution >= 4 is 5.95 Å². The first-order valence-electron chi connectivity index (χ1n) is 6.23. The normalized spacial score (nSPS) is 11.0. The molecule has 0 aliphatic rings. The molecule has 0 bridgehead atoms. The average molecular weight is 260 g/mol. The number of nitrogens with zero attached hydrogens (tertiary/aromatic N) is 2. The van der Waals surface area contributed by atoms with E-state index in [9.17, 15) is 0 Å². The van der Waals surface area contributed by atoms with Gasteiger partial charge in [-0.05, 0) is 36.1 Å². The standard InChI is InChI=1S/C14H20N4O/c1-8(2)10-6-11(9(3)5-13(10)19-4)12-7-18(16)14(15)17-12/h5-8H,16H2,1-4H3,(H2,15,17). The van der Waals surface area contributed by atoms with Gasteiger partial charge < -0.3 is 16.3 Å². The van der Waals surface area contributed by atoms with Crippen LogP contribution in [0.2, 0.25) is 0 Å². The number of aromatic nitrogens is 2. The first-order chi connectivity index (χ1) is 8.93. The van der Waals surface area contributed by atoms with Crippen molar-refractivity contribution in [2.24, 2.45) is 0 Å². The van der Waals surface area contributed by atoms with Gasteiger partial charge in [0.05, 0.1) is 19.0 Å². The minimum Gasteiger partial charge on any atom is -0.496 e. The number of ether oxygens (including phenoxy) is 1. The summed E-state index contributed by atoms with van der Waals surface area (Å²) in [6, 6.07) is 4.12. The lowest BCUT2D eigenvalue weighted by Crippen LogP contribution is -2.09. The van der Waals surface area contributed by atoms with Gasteiger partial charge >= 0.3 is 0 Å². The van der Waals surface area contributed by atoms with Gasteiger partial charge in [-0.15, -0.1) is 0 Å². The largest absolute Gasteiger partial charge is 0.496 e. The van der Waals surface area contributed by atoms with Crippen molar-refractivity contribution in [2.45, 2.75) is 26.7 Å². The van der Waals surface area contributed by atoms with E-state index in [-0.39, 0.29) is 0 Å². The van der Waals surface area contributed by atoms with E-state index in [1.54, 1.807) is 13.3 Å². The molecule has 0 saturated heterocycles. The molecule has 0 saturated carbocycles. The molecule has 0 amide bonds. The lowest BCUT2D eigenvalue weighted by molar-refractivity contribution is 0.407. The van der Waals surface area contributed by atoms with Gasteiger partial charge in [0, 0.05) is 5.56 Å². The van der Waals surface area contributed by atoms with Crippen LogP contribution in [0.1, 0.15) is 30.9 Å². The van der Waals surface area contributed by atoms with Gasteiger partial charge in [-0.1, -0.05) is 13.8 Å². The van der Waals surface area contributed by atoms with Crippen LogP contribution in [0.25, 0.3) is 11.3 Å². The van der Waals surface area contributed by atoms with Crippen LogP contribution in [0.15, 0.2) is 18.3 Å². The number of hydrogen-bond acceptors (Lipinski definition) is 4. The van der Waals surface area contributed by atoms with E-state index in [1.807, 2.05) is 13.0 Å². The van der Waals surface area contributed by atoms with Gasteiger partial charge in [0.15, 0.2) is 0 Å². The molecule has 0 aliphatic carbocycles. The zero-order chi connectivity index (χ0) is 14.2. The fourth-order valence-corrected chi connectivity index (χ4v) is 2.14. The van der Waals surface area contributed by atoms with Gasteiger partial charge in [-0.25, -0.2) is 9.66 Å². The summed E-state index contributed by atoms with van der Waals surface area (Å²) in [5, 5.41) is 0. The van der Waals surface area contributed by atoms with Crippen molar-refractivity contribution in [3.05, 3.63) is 29.5 Å². The number of nitrogen functional groups attached to an aromatic ring is 2. The number of aryl methyl sites for hydroxylation is 1. The van der Waals surface area contributed by atoms with Gasteiger partial charge in [0.2, 0.25) is 5.95 Å². The monoisotopic (exact) mass is 260 g/mol. The molecular formula is C14H20N4O. The van der Waals surface area contributed by atoms with Gasteiger partial charge in [-0.2, -0.15) is 0 Å². The summed E-state index contributed by atoms with van der Waals surface area (Å²) in [4.78, 5) is 4.27. The highest BCUT2D eigenvalue weighted by molar-refractivity contribution is 5.67. The Balaban J connectivity index is 2.60. The molecule has 1 aromatic carbocycles. The molecule has 102 valence electrons. The first kappa shape index (κ1) is 13.3. The number of rotatable bonds is 3. The third kappa shape index (κ3) is 2.36. The number of nitrogens with two attached hydrogens (primary N) is 2. The van der Waals surface area contributed by atoms with Crippen LogP contribution in [0, 0.1) is 6.92 Å². The number of benzene rings is 1.